The number of carbonyl (C=O) groups is 1. The third-order valence-corrected chi connectivity index (χ3v) is 2.12. The van der Waals surface area contributed by atoms with Gasteiger partial charge in [0.25, 0.3) is 0 Å². The predicted molar refractivity (Wildman–Crippen MR) is 59.7 cm³/mol. The molecule has 0 spiro atoms. The lowest BCUT2D eigenvalue weighted by molar-refractivity contribution is -0.137. The maximum Gasteiger partial charge on any atom is 0.303 e. The SMILES string of the molecule is NCc1ccccc1NCCCC(=O)O. The van der Waals surface area contributed by atoms with Crippen LogP contribution in [0.5, 0.6) is 0 Å². The van der Waals surface area contributed by atoms with Gasteiger partial charge in [0.1, 0.15) is 0 Å². The Hall–Kier alpha value is -1.55. The van der Waals surface area contributed by atoms with Crippen molar-refractivity contribution in [2.45, 2.75) is 19.4 Å². The molecule has 0 fully saturated rings. The van der Waals surface area contributed by atoms with Crippen molar-refractivity contribution in [3.05, 3.63) is 29.8 Å². The van der Waals surface area contributed by atoms with E-state index in [9.17, 15) is 4.79 Å². The minimum Gasteiger partial charge on any atom is -0.481 e. The highest BCUT2D eigenvalue weighted by Crippen LogP contribution is 2.13. The zero-order chi connectivity index (χ0) is 11.1. The standard InChI is InChI=1S/C11H16N2O2/c12-8-9-4-1-2-5-10(9)13-7-3-6-11(14)15/h1-2,4-5,13H,3,6-8,12H2,(H,14,15). The number of hydrogen-bond acceptors (Lipinski definition) is 3. The Morgan fingerprint density at radius 1 is 1.40 bits per heavy atom. The van der Waals surface area contributed by atoms with Crippen LogP contribution >= 0.6 is 0 Å². The van der Waals surface area contributed by atoms with Crippen molar-refractivity contribution < 1.29 is 9.90 Å². The second-order valence-corrected chi connectivity index (χ2v) is 3.29. The molecule has 0 unspecified atom stereocenters. The first-order valence-corrected chi connectivity index (χ1v) is 4.97. The van der Waals surface area contributed by atoms with Crippen LogP contribution in [0.1, 0.15) is 18.4 Å². The molecule has 82 valence electrons. The van der Waals surface area contributed by atoms with Gasteiger partial charge in [-0.15, -0.1) is 0 Å². The number of benzene rings is 1. The predicted octanol–water partition coefficient (Wildman–Crippen LogP) is 1.42. The number of nitrogens with one attached hydrogen (secondary N) is 1. The molecule has 0 bridgehead atoms. The second-order valence-electron chi connectivity index (χ2n) is 3.29. The van der Waals surface area contributed by atoms with Crippen molar-refractivity contribution in [3.8, 4) is 0 Å². The summed E-state index contributed by atoms with van der Waals surface area (Å²) in [5.74, 6) is -0.760. The molecule has 0 aliphatic heterocycles. The van der Waals surface area contributed by atoms with Crippen LogP contribution in [-0.2, 0) is 11.3 Å². The molecule has 0 aliphatic rings. The lowest BCUT2D eigenvalue weighted by Gasteiger charge is -2.09. The van der Waals surface area contributed by atoms with Gasteiger partial charge < -0.3 is 16.2 Å². The third-order valence-electron chi connectivity index (χ3n) is 2.12. The maximum absolute atomic E-state index is 10.3. The molecule has 1 aromatic carbocycles. The molecule has 0 radical (unpaired) electrons. The molecular formula is C11H16N2O2. The highest BCUT2D eigenvalue weighted by Gasteiger charge is 1.99. The molecule has 15 heavy (non-hydrogen) atoms. The van der Waals surface area contributed by atoms with Crippen LogP contribution in [0.2, 0.25) is 0 Å². The minimum atomic E-state index is -0.760. The lowest BCUT2D eigenvalue weighted by Crippen LogP contribution is -2.08. The molecule has 1 rings (SSSR count). The minimum absolute atomic E-state index is 0.192. The average molecular weight is 208 g/mol. The summed E-state index contributed by atoms with van der Waals surface area (Å²) in [5.41, 5.74) is 7.61. The normalized spacial score (nSPS) is 9.93. The summed E-state index contributed by atoms with van der Waals surface area (Å²) >= 11 is 0. The van der Waals surface area contributed by atoms with Crippen molar-refractivity contribution in [2.24, 2.45) is 5.73 Å². The molecule has 0 saturated carbocycles. The van der Waals surface area contributed by atoms with E-state index in [4.69, 9.17) is 10.8 Å². The van der Waals surface area contributed by atoms with Gasteiger partial charge in [0, 0.05) is 25.2 Å². The average Bonchev–Trinajstić information content (AvgIpc) is 2.24. The second kappa shape index (κ2) is 6.03. The number of hydrogen-bond donors (Lipinski definition) is 3. The van der Waals surface area contributed by atoms with Crippen LogP contribution in [-0.4, -0.2) is 17.6 Å². The van der Waals surface area contributed by atoms with Gasteiger partial charge in [-0.1, -0.05) is 18.2 Å². The van der Waals surface area contributed by atoms with Crippen molar-refractivity contribution in [2.75, 3.05) is 11.9 Å². The highest BCUT2D eigenvalue weighted by molar-refractivity contribution is 5.66. The third kappa shape index (κ3) is 3.99. The number of rotatable bonds is 6. The highest BCUT2D eigenvalue weighted by atomic mass is 16.4. The Labute approximate surface area is 89.1 Å². The largest absolute Gasteiger partial charge is 0.481 e. The Bertz CT molecular complexity index is 326. The molecule has 0 amide bonds. The van der Waals surface area contributed by atoms with E-state index in [1.807, 2.05) is 24.3 Å². The Balaban J connectivity index is 2.39. The van der Waals surface area contributed by atoms with Gasteiger partial charge in [-0.2, -0.15) is 0 Å². The van der Waals surface area contributed by atoms with E-state index in [2.05, 4.69) is 5.32 Å². The van der Waals surface area contributed by atoms with Crippen molar-refractivity contribution in [1.82, 2.24) is 0 Å². The summed E-state index contributed by atoms with van der Waals surface area (Å²) in [6, 6.07) is 7.77. The maximum atomic E-state index is 10.3. The molecule has 0 heterocycles. The van der Waals surface area contributed by atoms with Crippen LogP contribution in [0.25, 0.3) is 0 Å². The van der Waals surface area contributed by atoms with Crippen LogP contribution < -0.4 is 11.1 Å². The Morgan fingerprint density at radius 2 is 2.13 bits per heavy atom. The number of carboxylic acids is 1. The van der Waals surface area contributed by atoms with Crippen molar-refractivity contribution >= 4 is 11.7 Å². The van der Waals surface area contributed by atoms with Gasteiger partial charge >= 0.3 is 5.97 Å². The number of nitrogens with two attached hydrogens (primary N) is 1. The summed E-state index contributed by atoms with van der Waals surface area (Å²) in [6.45, 7) is 1.14. The van der Waals surface area contributed by atoms with E-state index in [0.717, 1.165) is 11.3 Å². The van der Waals surface area contributed by atoms with Crippen LogP contribution in [0.15, 0.2) is 24.3 Å². The van der Waals surface area contributed by atoms with Gasteiger partial charge in [-0.3, -0.25) is 4.79 Å². The summed E-state index contributed by atoms with van der Waals surface area (Å²) < 4.78 is 0. The lowest BCUT2D eigenvalue weighted by atomic mass is 10.1. The number of anilines is 1. The zero-order valence-corrected chi connectivity index (χ0v) is 8.57. The summed E-state index contributed by atoms with van der Waals surface area (Å²) in [5, 5.41) is 11.6. The first kappa shape index (κ1) is 11.5. The molecular weight excluding hydrogens is 192 g/mol. The summed E-state index contributed by atoms with van der Waals surface area (Å²) in [4.78, 5) is 10.3. The Kier molecular flexibility index (Phi) is 4.63. The fourth-order valence-electron chi connectivity index (χ4n) is 1.33. The van der Waals surface area contributed by atoms with E-state index in [1.165, 1.54) is 0 Å². The molecule has 4 nitrogen and oxygen atoms in total. The number of carboxylic acid groups (broad SMARTS) is 1. The van der Waals surface area contributed by atoms with E-state index in [-0.39, 0.29) is 6.42 Å². The molecule has 0 aliphatic carbocycles. The van der Waals surface area contributed by atoms with Crippen molar-refractivity contribution in [3.63, 3.8) is 0 Å². The van der Waals surface area contributed by atoms with Crippen LogP contribution in [0, 0.1) is 0 Å². The first-order valence-electron chi connectivity index (χ1n) is 4.97. The van der Waals surface area contributed by atoms with Gasteiger partial charge in [-0.25, -0.2) is 0 Å². The molecule has 0 aromatic heterocycles. The van der Waals surface area contributed by atoms with Gasteiger partial charge in [-0.05, 0) is 18.1 Å². The topological polar surface area (TPSA) is 75.3 Å². The van der Waals surface area contributed by atoms with Gasteiger partial charge in [0.05, 0.1) is 0 Å². The molecule has 0 saturated heterocycles. The first-order chi connectivity index (χ1) is 7.24. The molecule has 1 aromatic rings. The van der Waals surface area contributed by atoms with Crippen molar-refractivity contribution in [1.29, 1.82) is 0 Å². The van der Waals surface area contributed by atoms with E-state index < -0.39 is 5.97 Å². The van der Waals surface area contributed by atoms with Gasteiger partial charge in [0.2, 0.25) is 0 Å². The molecule has 4 N–H and O–H groups in total. The molecule has 0 atom stereocenters. The number of para-hydroxylation sites is 1. The summed E-state index contributed by atoms with van der Waals surface area (Å²) in [7, 11) is 0. The Morgan fingerprint density at radius 3 is 2.80 bits per heavy atom. The summed E-state index contributed by atoms with van der Waals surface area (Å²) in [6.07, 6.45) is 0.812. The zero-order valence-electron chi connectivity index (χ0n) is 8.57. The molecule has 4 heteroatoms. The van der Waals surface area contributed by atoms with E-state index in [1.54, 1.807) is 0 Å². The smallest absolute Gasteiger partial charge is 0.303 e. The van der Waals surface area contributed by atoms with E-state index >= 15 is 0 Å². The van der Waals surface area contributed by atoms with Crippen LogP contribution in [0.3, 0.4) is 0 Å². The van der Waals surface area contributed by atoms with E-state index in [0.29, 0.717) is 19.5 Å². The van der Waals surface area contributed by atoms with Gasteiger partial charge in [0.15, 0.2) is 0 Å². The van der Waals surface area contributed by atoms with Crippen LogP contribution in [0.4, 0.5) is 5.69 Å². The fraction of sp³-hybridized carbons (Fsp3) is 0.364. The fourth-order valence-corrected chi connectivity index (χ4v) is 1.33. The number of aliphatic carboxylic acids is 1. The monoisotopic (exact) mass is 208 g/mol. The quantitative estimate of drug-likeness (QED) is 0.618.